The molecule has 0 saturated heterocycles. The molecule has 1 heterocycles. The van der Waals surface area contributed by atoms with Gasteiger partial charge < -0.3 is 0 Å². The standard InChI is InChI=1S/C19H27N3/c1-19(2,3)13-5-4-6-15-7-11-17(12-8-15)22-14-18(20-21-22)16-9-10-16/h7-8,11-12,14,16H,4-6,9-10,13H2,1-3H3. The molecule has 0 amide bonds. The fourth-order valence-corrected chi connectivity index (χ4v) is 2.77. The molecule has 1 aliphatic rings. The lowest BCUT2D eigenvalue weighted by molar-refractivity contribution is 0.360. The van der Waals surface area contributed by atoms with E-state index in [1.54, 1.807) is 0 Å². The minimum atomic E-state index is 0.455. The molecule has 0 bridgehead atoms. The van der Waals surface area contributed by atoms with E-state index >= 15 is 0 Å². The minimum absolute atomic E-state index is 0.455. The molecule has 1 fully saturated rings. The molecule has 3 heteroatoms. The lowest BCUT2D eigenvalue weighted by Gasteiger charge is -2.17. The van der Waals surface area contributed by atoms with Crippen molar-refractivity contribution in [1.29, 1.82) is 0 Å². The maximum atomic E-state index is 4.27. The second kappa shape index (κ2) is 6.23. The molecule has 3 rings (SSSR count). The van der Waals surface area contributed by atoms with Crippen LogP contribution in [-0.2, 0) is 6.42 Å². The fourth-order valence-electron chi connectivity index (χ4n) is 2.77. The maximum Gasteiger partial charge on any atom is 0.0862 e. The van der Waals surface area contributed by atoms with Crippen LogP contribution in [0.5, 0.6) is 0 Å². The van der Waals surface area contributed by atoms with Crippen LogP contribution in [0.15, 0.2) is 30.5 Å². The first-order valence-corrected chi connectivity index (χ1v) is 8.53. The van der Waals surface area contributed by atoms with Gasteiger partial charge in [0.15, 0.2) is 0 Å². The molecule has 0 N–H and O–H groups in total. The van der Waals surface area contributed by atoms with Crippen molar-refractivity contribution in [2.45, 2.75) is 65.2 Å². The van der Waals surface area contributed by atoms with Gasteiger partial charge >= 0.3 is 0 Å². The van der Waals surface area contributed by atoms with E-state index in [4.69, 9.17) is 0 Å². The Morgan fingerprint density at radius 2 is 1.82 bits per heavy atom. The van der Waals surface area contributed by atoms with E-state index in [2.05, 4.69) is 61.5 Å². The van der Waals surface area contributed by atoms with E-state index in [1.807, 2.05) is 4.68 Å². The Kier molecular flexibility index (Phi) is 4.32. The number of hydrogen-bond acceptors (Lipinski definition) is 2. The van der Waals surface area contributed by atoms with Crippen LogP contribution >= 0.6 is 0 Å². The lowest BCUT2D eigenvalue weighted by Crippen LogP contribution is -2.04. The third-order valence-corrected chi connectivity index (χ3v) is 4.35. The van der Waals surface area contributed by atoms with Crippen LogP contribution in [0.25, 0.3) is 5.69 Å². The van der Waals surface area contributed by atoms with Gasteiger partial charge in [-0.3, -0.25) is 0 Å². The summed E-state index contributed by atoms with van der Waals surface area (Å²) in [7, 11) is 0. The van der Waals surface area contributed by atoms with E-state index in [9.17, 15) is 0 Å². The van der Waals surface area contributed by atoms with Crippen LogP contribution in [0.1, 0.15) is 70.1 Å². The first-order valence-electron chi connectivity index (χ1n) is 8.53. The first-order chi connectivity index (χ1) is 10.5. The van der Waals surface area contributed by atoms with Crippen LogP contribution < -0.4 is 0 Å². The molecule has 1 aromatic carbocycles. The topological polar surface area (TPSA) is 30.7 Å². The van der Waals surface area contributed by atoms with Gasteiger partial charge in [-0.2, -0.15) is 0 Å². The van der Waals surface area contributed by atoms with E-state index < -0.39 is 0 Å². The quantitative estimate of drug-likeness (QED) is 0.710. The van der Waals surface area contributed by atoms with Gasteiger partial charge in [-0.1, -0.05) is 44.5 Å². The zero-order chi connectivity index (χ0) is 15.6. The second-order valence-corrected chi connectivity index (χ2v) is 7.80. The van der Waals surface area contributed by atoms with E-state index in [-0.39, 0.29) is 0 Å². The highest BCUT2D eigenvalue weighted by molar-refractivity contribution is 5.34. The normalized spacial score (nSPS) is 15.2. The van der Waals surface area contributed by atoms with Crippen LogP contribution in [0.2, 0.25) is 0 Å². The van der Waals surface area contributed by atoms with Gasteiger partial charge in [-0.05, 0) is 55.2 Å². The molecule has 22 heavy (non-hydrogen) atoms. The number of hydrogen-bond donors (Lipinski definition) is 0. The summed E-state index contributed by atoms with van der Waals surface area (Å²) in [5.41, 5.74) is 4.13. The van der Waals surface area contributed by atoms with Crippen molar-refractivity contribution in [3.8, 4) is 5.69 Å². The minimum Gasteiger partial charge on any atom is -0.220 e. The van der Waals surface area contributed by atoms with Gasteiger partial charge in [0.05, 0.1) is 17.6 Å². The predicted octanol–water partition coefficient (Wildman–Crippen LogP) is 4.90. The Balaban J connectivity index is 1.53. The summed E-state index contributed by atoms with van der Waals surface area (Å²) in [6.45, 7) is 6.95. The van der Waals surface area contributed by atoms with Gasteiger partial charge in [0.1, 0.15) is 0 Å². The summed E-state index contributed by atoms with van der Waals surface area (Å²) >= 11 is 0. The average molecular weight is 297 g/mol. The molecule has 0 radical (unpaired) electrons. The Bertz CT molecular complexity index is 600. The summed E-state index contributed by atoms with van der Waals surface area (Å²) in [6.07, 6.45) is 9.66. The maximum absolute atomic E-state index is 4.27. The Labute approximate surface area is 133 Å². The molecule has 0 spiro atoms. The lowest BCUT2D eigenvalue weighted by atomic mass is 9.89. The van der Waals surface area contributed by atoms with Gasteiger partial charge in [0.2, 0.25) is 0 Å². The molecule has 0 atom stereocenters. The second-order valence-electron chi connectivity index (χ2n) is 7.80. The van der Waals surface area contributed by atoms with Gasteiger partial charge in [-0.15, -0.1) is 5.10 Å². The molecule has 118 valence electrons. The molecular formula is C19H27N3. The number of aryl methyl sites for hydroxylation is 1. The largest absolute Gasteiger partial charge is 0.220 e. The molecular weight excluding hydrogens is 270 g/mol. The molecule has 0 unspecified atom stereocenters. The highest BCUT2D eigenvalue weighted by Gasteiger charge is 2.26. The molecule has 1 saturated carbocycles. The number of benzene rings is 1. The summed E-state index contributed by atoms with van der Waals surface area (Å²) in [5, 5.41) is 8.52. The summed E-state index contributed by atoms with van der Waals surface area (Å²) < 4.78 is 1.90. The zero-order valence-corrected chi connectivity index (χ0v) is 14.0. The zero-order valence-electron chi connectivity index (χ0n) is 14.0. The average Bonchev–Trinajstić information content (AvgIpc) is 3.21. The van der Waals surface area contributed by atoms with E-state index in [1.165, 1.54) is 44.1 Å². The Hall–Kier alpha value is -1.64. The van der Waals surface area contributed by atoms with Crippen molar-refractivity contribution in [1.82, 2.24) is 15.0 Å². The van der Waals surface area contributed by atoms with Crippen LogP contribution in [0.4, 0.5) is 0 Å². The van der Waals surface area contributed by atoms with E-state index in [0.717, 1.165) is 11.4 Å². The van der Waals surface area contributed by atoms with Gasteiger partial charge in [0, 0.05) is 5.92 Å². The SMILES string of the molecule is CC(C)(C)CCCCc1ccc(-n2cc(C3CC3)nn2)cc1. The Morgan fingerprint density at radius 3 is 2.45 bits per heavy atom. The van der Waals surface area contributed by atoms with Crippen molar-refractivity contribution in [2.24, 2.45) is 5.41 Å². The third-order valence-electron chi connectivity index (χ3n) is 4.35. The molecule has 1 aromatic heterocycles. The smallest absolute Gasteiger partial charge is 0.0862 e. The van der Waals surface area contributed by atoms with Crippen LogP contribution in [-0.4, -0.2) is 15.0 Å². The van der Waals surface area contributed by atoms with Crippen molar-refractivity contribution in [2.75, 3.05) is 0 Å². The molecule has 3 nitrogen and oxygen atoms in total. The van der Waals surface area contributed by atoms with Crippen molar-refractivity contribution < 1.29 is 0 Å². The highest BCUT2D eigenvalue weighted by atomic mass is 15.4. The molecule has 0 aliphatic heterocycles. The third kappa shape index (κ3) is 4.19. The number of rotatable bonds is 6. The van der Waals surface area contributed by atoms with Crippen LogP contribution in [0, 0.1) is 5.41 Å². The number of nitrogens with zero attached hydrogens (tertiary/aromatic N) is 3. The number of unbranched alkanes of at least 4 members (excludes halogenated alkanes) is 1. The highest BCUT2D eigenvalue weighted by Crippen LogP contribution is 2.38. The van der Waals surface area contributed by atoms with Crippen molar-refractivity contribution >= 4 is 0 Å². The van der Waals surface area contributed by atoms with Gasteiger partial charge in [0.25, 0.3) is 0 Å². The molecule has 1 aliphatic carbocycles. The number of aromatic nitrogens is 3. The summed E-state index contributed by atoms with van der Waals surface area (Å²) in [4.78, 5) is 0. The predicted molar refractivity (Wildman–Crippen MR) is 90.3 cm³/mol. The van der Waals surface area contributed by atoms with Crippen molar-refractivity contribution in [3.63, 3.8) is 0 Å². The first kappa shape index (κ1) is 15.3. The van der Waals surface area contributed by atoms with E-state index in [0.29, 0.717) is 11.3 Å². The summed E-state index contributed by atoms with van der Waals surface area (Å²) in [5.74, 6) is 0.663. The monoisotopic (exact) mass is 297 g/mol. The Morgan fingerprint density at radius 1 is 1.09 bits per heavy atom. The van der Waals surface area contributed by atoms with Gasteiger partial charge in [-0.25, -0.2) is 4.68 Å². The summed E-state index contributed by atoms with van der Waals surface area (Å²) in [6, 6.07) is 8.77. The fraction of sp³-hybridized carbons (Fsp3) is 0.579. The molecule has 2 aromatic rings. The van der Waals surface area contributed by atoms with Crippen molar-refractivity contribution in [3.05, 3.63) is 41.7 Å². The van der Waals surface area contributed by atoms with Crippen LogP contribution in [0.3, 0.4) is 0 Å².